The van der Waals surface area contributed by atoms with Gasteiger partial charge >= 0.3 is 0 Å². The van der Waals surface area contributed by atoms with Gasteiger partial charge in [-0.2, -0.15) is 0 Å². The lowest BCUT2D eigenvalue weighted by Crippen LogP contribution is -2.37. The predicted molar refractivity (Wildman–Crippen MR) is 77.0 cm³/mol. The monoisotopic (exact) mass is 278 g/mol. The first kappa shape index (κ1) is 14.8. The summed E-state index contributed by atoms with van der Waals surface area (Å²) in [5.74, 6) is -0.169. The smallest absolute Gasteiger partial charge is 0.255 e. The fraction of sp³-hybridized carbons (Fsp3) is 0.533. The van der Waals surface area contributed by atoms with Crippen LogP contribution < -0.4 is 5.32 Å². The lowest BCUT2D eigenvalue weighted by atomic mass is 10.1. The van der Waals surface area contributed by atoms with Gasteiger partial charge in [-0.15, -0.1) is 0 Å². The largest absolute Gasteiger partial charge is 0.507 e. The molecule has 5 heteroatoms. The second-order valence-electron chi connectivity index (χ2n) is 5.27. The number of amides is 1. The van der Waals surface area contributed by atoms with Crippen LogP contribution in [0.15, 0.2) is 18.2 Å². The number of carbonyl (C=O) groups excluding carboxylic acids is 1. The maximum absolute atomic E-state index is 12.1. The first-order valence-corrected chi connectivity index (χ1v) is 6.92. The number of aromatic hydroxyl groups is 1. The van der Waals surface area contributed by atoms with Crippen LogP contribution in [0.5, 0.6) is 5.75 Å². The summed E-state index contributed by atoms with van der Waals surface area (Å²) in [4.78, 5) is 14.4. The number of benzene rings is 1. The summed E-state index contributed by atoms with van der Waals surface area (Å²) < 4.78 is 5.05. The number of methoxy groups -OCH3 is 1. The van der Waals surface area contributed by atoms with Crippen molar-refractivity contribution in [2.75, 3.05) is 33.4 Å². The summed E-state index contributed by atoms with van der Waals surface area (Å²) in [7, 11) is 1.69. The normalized spacial score (nSPS) is 19.2. The van der Waals surface area contributed by atoms with Crippen LogP contribution in [0, 0.1) is 6.92 Å². The standard InChI is InChI=1S/C15H22N2O3/c1-11-3-4-13(14(18)9-11)15(19)16-12-5-6-17(10-12)7-8-20-2/h3-4,9,12,18H,5-8,10H2,1-2H3,(H,16,19)/t12-/m0/s1. The second kappa shape index (κ2) is 6.72. The number of carbonyl (C=O) groups is 1. The van der Waals surface area contributed by atoms with Crippen molar-refractivity contribution in [1.29, 1.82) is 0 Å². The Balaban J connectivity index is 1.89. The summed E-state index contributed by atoms with van der Waals surface area (Å²) >= 11 is 0. The maximum Gasteiger partial charge on any atom is 0.255 e. The number of nitrogens with zero attached hydrogens (tertiary/aromatic N) is 1. The minimum atomic E-state index is -0.207. The van der Waals surface area contributed by atoms with Crippen LogP contribution >= 0.6 is 0 Å². The topological polar surface area (TPSA) is 61.8 Å². The van der Waals surface area contributed by atoms with Crippen LogP contribution in [0.4, 0.5) is 0 Å². The van der Waals surface area contributed by atoms with Gasteiger partial charge in [-0.3, -0.25) is 9.69 Å². The lowest BCUT2D eigenvalue weighted by molar-refractivity contribution is 0.0934. The first-order valence-electron chi connectivity index (χ1n) is 6.92. The Bertz CT molecular complexity index is 476. The molecule has 1 heterocycles. The molecule has 2 N–H and O–H groups in total. The van der Waals surface area contributed by atoms with E-state index in [-0.39, 0.29) is 17.7 Å². The molecule has 2 rings (SSSR count). The van der Waals surface area contributed by atoms with Crippen molar-refractivity contribution in [1.82, 2.24) is 10.2 Å². The van der Waals surface area contributed by atoms with Gasteiger partial charge in [-0.25, -0.2) is 0 Å². The molecule has 1 aromatic rings. The summed E-state index contributed by atoms with van der Waals surface area (Å²) in [6, 6.07) is 5.24. The summed E-state index contributed by atoms with van der Waals surface area (Å²) in [5.41, 5.74) is 1.27. The molecule has 0 saturated carbocycles. The lowest BCUT2D eigenvalue weighted by Gasteiger charge is -2.16. The van der Waals surface area contributed by atoms with Crippen molar-refractivity contribution in [2.45, 2.75) is 19.4 Å². The third kappa shape index (κ3) is 3.71. The molecule has 0 unspecified atom stereocenters. The highest BCUT2D eigenvalue weighted by Gasteiger charge is 2.24. The van der Waals surface area contributed by atoms with Crippen LogP contribution in [0.25, 0.3) is 0 Å². The first-order chi connectivity index (χ1) is 9.60. The number of rotatable bonds is 5. The second-order valence-corrected chi connectivity index (χ2v) is 5.27. The minimum Gasteiger partial charge on any atom is -0.507 e. The number of ether oxygens (including phenoxy) is 1. The molecule has 20 heavy (non-hydrogen) atoms. The minimum absolute atomic E-state index is 0.0386. The van der Waals surface area contributed by atoms with Crippen molar-refractivity contribution in [3.8, 4) is 5.75 Å². The number of phenols is 1. The average Bonchev–Trinajstić information content (AvgIpc) is 2.83. The Morgan fingerprint density at radius 3 is 3.05 bits per heavy atom. The molecule has 1 fully saturated rings. The molecule has 5 nitrogen and oxygen atoms in total. The number of likely N-dealkylation sites (tertiary alicyclic amines) is 1. The van der Waals surface area contributed by atoms with Gasteiger partial charge in [0.25, 0.3) is 5.91 Å². The third-order valence-electron chi connectivity index (χ3n) is 3.62. The van der Waals surface area contributed by atoms with Crippen molar-refractivity contribution >= 4 is 5.91 Å². The molecule has 0 aliphatic carbocycles. The van der Waals surface area contributed by atoms with Crippen molar-refractivity contribution in [2.24, 2.45) is 0 Å². The zero-order valence-corrected chi connectivity index (χ0v) is 12.1. The van der Waals surface area contributed by atoms with E-state index >= 15 is 0 Å². The van der Waals surface area contributed by atoms with Crippen molar-refractivity contribution in [3.63, 3.8) is 0 Å². The van der Waals surface area contributed by atoms with Gasteiger partial charge in [0.05, 0.1) is 12.2 Å². The van der Waals surface area contributed by atoms with Crippen LogP contribution in [0.1, 0.15) is 22.3 Å². The van der Waals surface area contributed by atoms with Gasteiger partial charge in [0.2, 0.25) is 0 Å². The van der Waals surface area contributed by atoms with Crippen LogP contribution in [0.2, 0.25) is 0 Å². The molecule has 110 valence electrons. The summed E-state index contributed by atoms with van der Waals surface area (Å²) in [6.45, 7) is 5.28. The molecule has 1 aliphatic rings. The van der Waals surface area contributed by atoms with Crippen molar-refractivity contribution < 1.29 is 14.6 Å². The zero-order chi connectivity index (χ0) is 14.5. The Morgan fingerprint density at radius 1 is 1.55 bits per heavy atom. The van der Waals surface area contributed by atoms with Gasteiger partial charge in [0.1, 0.15) is 5.75 Å². The van der Waals surface area contributed by atoms with Crippen LogP contribution in [-0.2, 0) is 4.74 Å². The van der Waals surface area contributed by atoms with E-state index in [2.05, 4.69) is 10.2 Å². The van der Waals surface area contributed by atoms with E-state index in [9.17, 15) is 9.90 Å². The SMILES string of the molecule is COCCN1CC[C@H](NC(=O)c2ccc(C)cc2O)C1. The Labute approximate surface area is 119 Å². The number of hydrogen-bond acceptors (Lipinski definition) is 4. The molecule has 1 saturated heterocycles. The molecule has 0 spiro atoms. The Kier molecular flexibility index (Phi) is 4.98. The van der Waals surface area contributed by atoms with Crippen LogP contribution in [-0.4, -0.2) is 55.3 Å². The highest BCUT2D eigenvalue weighted by Crippen LogP contribution is 2.19. The van der Waals surface area contributed by atoms with E-state index in [1.54, 1.807) is 19.2 Å². The molecule has 0 radical (unpaired) electrons. The quantitative estimate of drug-likeness (QED) is 0.848. The molecule has 1 atom stereocenters. The average molecular weight is 278 g/mol. The predicted octanol–water partition coefficient (Wildman–Crippen LogP) is 1.15. The van der Waals surface area contributed by atoms with Gasteiger partial charge in [-0.1, -0.05) is 6.07 Å². The van der Waals surface area contributed by atoms with Gasteiger partial charge in [0, 0.05) is 32.8 Å². The number of nitrogens with one attached hydrogen (secondary N) is 1. The number of hydrogen-bond donors (Lipinski definition) is 2. The van der Waals surface area contributed by atoms with Gasteiger partial charge in [0.15, 0.2) is 0 Å². The molecule has 1 amide bonds. The van der Waals surface area contributed by atoms with E-state index in [1.807, 2.05) is 13.0 Å². The summed E-state index contributed by atoms with van der Waals surface area (Å²) in [6.07, 6.45) is 0.933. The third-order valence-corrected chi connectivity index (χ3v) is 3.62. The van der Waals surface area contributed by atoms with Crippen LogP contribution in [0.3, 0.4) is 0 Å². The highest BCUT2D eigenvalue weighted by molar-refractivity contribution is 5.97. The maximum atomic E-state index is 12.1. The molecule has 1 aliphatic heterocycles. The molecule has 0 bridgehead atoms. The van der Waals surface area contributed by atoms with Crippen molar-refractivity contribution in [3.05, 3.63) is 29.3 Å². The van der Waals surface area contributed by atoms with E-state index in [4.69, 9.17) is 4.74 Å². The fourth-order valence-corrected chi connectivity index (χ4v) is 2.47. The highest BCUT2D eigenvalue weighted by atomic mass is 16.5. The zero-order valence-electron chi connectivity index (χ0n) is 12.1. The molecular weight excluding hydrogens is 256 g/mol. The van der Waals surface area contributed by atoms with E-state index in [0.717, 1.165) is 31.6 Å². The molecule has 1 aromatic carbocycles. The summed E-state index contributed by atoms with van der Waals surface area (Å²) in [5, 5.41) is 12.8. The Hall–Kier alpha value is -1.59. The van der Waals surface area contributed by atoms with E-state index < -0.39 is 0 Å². The van der Waals surface area contributed by atoms with Gasteiger partial charge < -0.3 is 15.2 Å². The molecular formula is C15H22N2O3. The number of aryl methyl sites for hydroxylation is 1. The Morgan fingerprint density at radius 2 is 2.35 bits per heavy atom. The fourth-order valence-electron chi connectivity index (χ4n) is 2.47. The molecule has 0 aromatic heterocycles. The van der Waals surface area contributed by atoms with Gasteiger partial charge in [-0.05, 0) is 31.0 Å². The van der Waals surface area contributed by atoms with E-state index in [1.165, 1.54) is 0 Å². The van der Waals surface area contributed by atoms with E-state index in [0.29, 0.717) is 12.2 Å². The number of phenolic OH excluding ortho intramolecular Hbond substituents is 1.